The number of Topliss-reactive ketones (excluding diaryl/α,β-unsaturated/α-hetero) is 1. The average molecular weight is 736 g/mol. The quantitative estimate of drug-likeness (QED) is 0.0603. The number of ketones is 3. The van der Waals surface area contributed by atoms with Gasteiger partial charge in [0.25, 0.3) is 0 Å². The van der Waals surface area contributed by atoms with Crippen LogP contribution in [0.5, 0.6) is 0 Å². The summed E-state index contributed by atoms with van der Waals surface area (Å²) in [6.07, 6.45) is 4.15. The third-order valence-electron chi connectivity index (χ3n) is 7.00. The highest BCUT2D eigenvalue weighted by atomic mass is 32.1. The highest BCUT2D eigenvalue weighted by molar-refractivity contribution is 7.12. The second-order valence-corrected chi connectivity index (χ2v) is 12.2. The summed E-state index contributed by atoms with van der Waals surface area (Å²) in [5.41, 5.74) is 8.09. The zero-order valence-electron chi connectivity index (χ0n) is 27.4. The number of hydrogen-bond acceptors (Lipinski definition) is 13. The molecular formula is C35H37N5O9S2. The molecule has 2 aromatic carbocycles. The molecular weight excluding hydrogens is 699 g/mol. The lowest BCUT2D eigenvalue weighted by Crippen LogP contribution is -2.10. The number of aromatic nitrogens is 4. The first-order valence-corrected chi connectivity index (χ1v) is 17.5. The van der Waals surface area contributed by atoms with Crippen LogP contribution in [0.25, 0.3) is 21.8 Å². The summed E-state index contributed by atoms with van der Waals surface area (Å²) in [5.74, 6) is -1.70. The number of ether oxygens (including phenoxy) is 2. The van der Waals surface area contributed by atoms with Crippen molar-refractivity contribution >= 4 is 67.8 Å². The third kappa shape index (κ3) is 10.8. The molecule has 0 bridgehead atoms. The van der Waals surface area contributed by atoms with Gasteiger partial charge in [-0.15, -0.1) is 22.7 Å². The number of carbonyl (C=O) groups excluding carboxylic acids is 3. The van der Waals surface area contributed by atoms with Crippen LogP contribution in [-0.2, 0) is 9.47 Å². The molecule has 4 aromatic heterocycles. The van der Waals surface area contributed by atoms with Crippen molar-refractivity contribution in [1.29, 1.82) is 0 Å². The van der Waals surface area contributed by atoms with Gasteiger partial charge in [-0.3, -0.25) is 14.4 Å². The third-order valence-corrected chi connectivity index (χ3v) is 8.68. The average Bonchev–Trinajstić information content (AvgIpc) is 3.98. The number of rotatable bonds is 16. The number of benzene rings is 2. The van der Waals surface area contributed by atoms with Gasteiger partial charge in [0.05, 0.1) is 44.2 Å². The Bertz CT molecular complexity index is 2040. The molecule has 0 aliphatic heterocycles. The van der Waals surface area contributed by atoms with Crippen LogP contribution in [-0.4, -0.2) is 105 Å². The molecule has 7 N–H and O–H groups in total. The monoisotopic (exact) mass is 735 g/mol. The molecule has 0 amide bonds. The molecule has 0 saturated carbocycles. The summed E-state index contributed by atoms with van der Waals surface area (Å²) < 4.78 is 9.88. The number of nitrogens with two attached hydrogens (primary N) is 1. The standard InChI is InChI=1S/C18H18N2O4S.C13H8N2O3S.C4H11NO2/c21-7-9-24-8-3-6-16(22)15-11-25-18(20-15)17(23)13-10-19-14-5-2-1-4-12(13)14;16-11(12-15-10(6-19-12)13(17)18)8-5-14-9-4-2-1-3-7(8)9;5-1-3-7-4-2-6/h1-2,4-5,10-11,19,21H,3,6-9H2;1-6,14H,(H,17,18);6H,1-5H2. The molecule has 0 aliphatic carbocycles. The predicted molar refractivity (Wildman–Crippen MR) is 193 cm³/mol. The number of carboxylic acids is 1. The number of aromatic carboxylic acids is 1. The van der Waals surface area contributed by atoms with Crippen LogP contribution in [0.4, 0.5) is 0 Å². The first-order chi connectivity index (χ1) is 24.8. The fraction of sp³-hybridized carbons (Fsp3) is 0.257. The number of hydrogen-bond donors (Lipinski definition) is 6. The van der Waals surface area contributed by atoms with E-state index in [9.17, 15) is 19.2 Å². The number of thiazole rings is 2. The molecule has 51 heavy (non-hydrogen) atoms. The van der Waals surface area contributed by atoms with Gasteiger partial charge in [0, 0.05) is 64.5 Å². The molecule has 0 aliphatic rings. The molecule has 4 heterocycles. The highest BCUT2D eigenvalue weighted by Crippen LogP contribution is 2.24. The lowest BCUT2D eigenvalue weighted by molar-refractivity contribution is 0.0690. The van der Waals surface area contributed by atoms with Gasteiger partial charge in [0.1, 0.15) is 5.69 Å². The Labute approximate surface area is 299 Å². The van der Waals surface area contributed by atoms with Crippen molar-refractivity contribution < 1.29 is 44.0 Å². The van der Waals surface area contributed by atoms with E-state index in [4.69, 9.17) is 30.5 Å². The van der Waals surface area contributed by atoms with Crippen molar-refractivity contribution in [2.75, 3.05) is 46.2 Å². The summed E-state index contributed by atoms with van der Waals surface area (Å²) in [6, 6.07) is 15.0. The fourth-order valence-electron chi connectivity index (χ4n) is 4.61. The molecule has 14 nitrogen and oxygen atoms in total. The molecule has 0 atom stereocenters. The maximum absolute atomic E-state index is 12.7. The molecule has 268 valence electrons. The second-order valence-electron chi connectivity index (χ2n) is 10.5. The van der Waals surface area contributed by atoms with Crippen molar-refractivity contribution in [3.63, 3.8) is 0 Å². The molecule has 0 spiro atoms. The van der Waals surface area contributed by atoms with Gasteiger partial charge in [0.15, 0.2) is 21.5 Å². The maximum atomic E-state index is 12.7. The van der Waals surface area contributed by atoms with E-state index in [1.807, 2.05) is 48.5 Å². The number of nitrogens with one attached hydrogen (secondary N) is 2. The van der Waals surface area contributed by atoms with Crippen molar-refractivity contribution in [2.45, 2.75) is 12.8 Å². The van der Waals surface area contributed by atoms with E-state index in [2.05, 4.69) is 19.9 Å². The summed E-state index contributed by atoms with van der Waals surface area (Å²) in [7, 11) is 0. The minimum atomic E-state index is -1.13. The van der Waals surface area contributed by atoms with E-state index in [1.54, 1.807) is 17.8 Å². The van der Waals surface area contributed by atoms with E-state index < -0.39 is 5.97 Å². The van der Waals surface area contributed by atoms with Gasteiger partial charge >= 0.3 is 5.97 Å². The predicted octanol–water partition coefficient (Wildman–Crippen LogP) is 4.33. The smallest absolute Gasteiger partial charge is 0.355 e. The normalized spacial score (nSPS) is 10.7. The Balaban J connectivity index is 0.000000198. The van der Waals surface area contributed by atoms with Crippen molar-refractivity contribution in [2.24, 2.45) is 5.73 Å². The lowest BCUT2D eigenvalue weighted by Gasteiger charge is -2.00. The van der Waals surface area contributed by atoms with Gasteiger partial charge in [-0.2, -0.15) is 0 Å². The Morgan fingerprint density at radius 2 is 1.20 bits per heavy atom. The van der Waals surface area contributed by atoms with Crippen LogP contribution >= 0.6 is 22.7 Å². The van der Waals surface area contributed by atoms with Crippen molar-refractivity contribution in [3.8, 4) is 0 Å². The van der Waals surface area contributed by atoms with E-state index in [0.717, 1.165) is 33.1 Å². The second kappa shape index (κ2) is 20.0. The molecule has 0 saturated heterocycles. The number of fused-ring (bicyclic) bond motifs is 2. The van der Waals surface area contributed by atoms with Crippen LogP contribution in [0.15, 0.2) is 71.7 Å². The van der Waals surface area contributed by atoms with Gasteiger partial charge < -0.3 is 40.5 Å². The largest absolute Gasteiger partial charge is 0.476 e. The fourth-order valence-corrected chi connectivity index (χ4v) is 6.13. The number of carboxylic acid groups (broad SMARTS) is 1. The summed E-state index contributed by atoms with van der Waals surface area (Å²) in [6.45, 7) is 2.21. The van der Waals surface area contributed by atoms with Crippen molar-refractivity contribution in [3.05, 3.63) is 104 Å². The first-order valence-electron chi connectivity index (χ1n) is 15.7. The summed E-state index contributed by atoms with van der Waals surface area (Å²) in [4.78, 5) is 62.0. The maximum Gasteiger partial charge on any atom is 0.355 e. The van der Waals surface area contributed by atoms with Crippen LogP contribution in [0.3, 0.4) is 0 Å². The van der Waals surface area contributed by atoms with Crippen LogP contribution in [0.2, 0.25) is 0 Å². The van der Waals surface area contributed by atoms with E-state index >= 15 is 0 Å². The number of H-pyrrole nitrogens is 2. The number of carbonyl (C=O) groups is 4. The lowest BCUT2D eigenvalue weighted by atomic mass is 10.1. The topological polar surface area (TPSA) is 231 Å². The summed E-state index contributed by atoms with van der Waals surface area (Å²) in [5, 5.41) is 30.7. The first kappa shape index (κ1) is 38.9. The number of aromatic amines is 2. The Morgan fingerprint density at radius 3 is 1.69 bits per heavy atom. The zero-order chi connectivity index (χ0) is 36.6. The molecule has 6 aromatic rings. The van der Waals surface area contributed by atoms with Crippen LogP contribution in [0.1, 0.15) is 64.5 Å². The van der Waals surface area contributed by atoms with Crippen molar-refractivity contribution in [1.82, 2.24) is 19.9 Å². The minimum absolute atomic E-state index is 0.0284. The minimum Gasteiger partial charge on any atom is -0.476 e. The number of nitrogens with zero attached hydrogens (tertiary/aromatic N) is 2. The number of aliphatic hydroxyl groups is 2. The van der Waals surface area contributed by atoms with Crippen LogP contribution in [0, 0.1) is 0 Å². The Morgan fingerprint density at radius 1 is 0.706 bits per heavy atom. The Hall–Kier alpha value is -4.94. The van der Waals surface area contributed by atoms with E-state index in [1.165, 1.54) is 16.7 Å². The highest BCUT2D eigenvalue weighted by Gasteiger charge is 2.20. The number of para-hydroxylation sites is 2. The zero-order valence-corrected chi connectivity index (χ0v) is 29.0. The Kier molecular flexibility index (Phi) is 15.3. The van der Waals surface area contributed by atoms with Gasteiger partial charge in [-0.25, -0.2) is 14.8 Å². The molecule has 0 unspecified atom stereocenters. The molecule has 16 heteroatoms. The van der Waals surface area contributed by atoms with E-state index in [0.29, 0.717) is 61.0 Å². The van der Waals surface area contributed by atoms with Gasteiger partial charge in [0.2, 0.25) is 11.6 Å². The van der Waals surface area contributed by atoms with Crippen LogP contribution < -0.4 is 5.73 Å². The molecule has 6 rings (SSSR count). The molecule has 0 radical (unpaired) electrons. The SMILES string of the molecule is NCCOCCO.O=C(CCCOCCO)c1csc(C(=O)c2c[nH]c3ccccc23)n1.O=C(O)c1csc(C(=O)c2c[nH]c3ccccc23)n1. The van der Waals surface area contributed by atoms with E-state index in [-0.39, 0.29) is 47.9 Å². The van der Waals surface area contributed by atoms with Gasteiger partial charge in [-0.1, -0.05) is 36.4 Å². The number of aliphatic hydroxyl groups excluding tert-OH is 2. The van der Waals surface area contributed by atoms with Gasteiger partial charge in [-0.05, 0) is 18.6 Å². The molecule has 0 fully saturated rings. The summed E-state index contributed by atoms with van der Waals surface area (Å²) >= 11 is 2.22.